The first-order chi connectivity index (χ1) is 18.0. The molecule has 9 nitrogen and oxygen atoms in total. The first-order valence-electron chi connectivity index (χ1n) is 13.6. The third-order valence-electron chi connectivity index (χ3n) is 6.88. The Morgan fingerprint density at radius 1 is 1.10 bits per heavy atom. The standard InChI is InChI=1S/C29H42FN3O6/c1-28(2,3)38-23(34)13-12-22(25(31)35)33-16-19-15-17(10-11-20(19)26(33)36)14-18-8-7-9-21(30)24(18)32-27(37)39-29(4,5)6/h10-11,15,18,21-22,24H,7-9,12-14,16H2,1-6H3,(H2,31,35)(H,32,37)/t18-,21-,22+,24-/m1/s1. The molecule has 0 saturated heterocycles. The summed E-state index contributed by atoms with van der Waals surface area (Å²) in [5, 5.41) is 2.74. The van der Waals surface area contributed by atoms with E-state index in [-0.39, 0.29) is 31.2 Å². The fourth-order valence-electron chi connectivity index (χ4n) is 5.29. The second-order valence-electron chi connectivity index (χ2n) is 12.6. The molecule has 3 amide bonds. The number of alkyl halides is 1. The van der Waals surface area contributed by atoms with E-state index in [1.165, 1.54) is 4.90 Å². The number of benzene rings is 1. The first-order valence-corrected chi connectivity index (χ1v) is 13.6. The van der Waals surface area contributed by atoms with Crippen LogP contribution >= 0.6 is 0 Å². The fourth-order valence-corrected chi connectivity index (χ4v) is 5.29. The van der Waals surface area contributed by atoms with E-state index in [1.54, 1.807) is 47.6 Å². The monoisotopic (exact) mass is 547 g/mol. The lowest BCUT2D eigenvalue weighted by molar-refractivity contribution is -0.155. The number of ether oxygens (including phenoxy) is 2. The lowest BCUT2D eigenvalue weighted by Crippen LogP contribution is -2.50. The Morgan fingerprint density at radius 2 is 1.77 bits per heavy atom. The third-order valence-corrected chi connectivity index (χ3v) is 6.88. The zero-order valence-corrected chi connectivity index (χ0v) is 23.8. The summed E-state index contributed by atoms with van der Waals surface area (Å²) in [5.41, 5.74) is 6.40. The number of halogens is 1. The maximum Gasteiger partial charge on any atom is 0.407 e. The Bertz CT molecular complexity index is 1090. The molecule has 0 aromatic heterocycles. The maximum absolute atomic E-state index is 14.9. The number of esters is 1. The van der Waals surface area contributed by atoms with Gasteiger partial charge < -0.3 is 25.4 Å². The molecular formula is C29H42FN3O6. The van der Waals surface area contributed by atoms with Crippen LogP contribution in [0.4, 0.5) is 9.18 Å². The van der Waals surface area contributed by atoms with Crippen LogP contribution in [-0.4, -0.2) is 58.2 Å². The van der Waals surface area contributed by atoms with Crippen LogP contribution in [0, 0.1) is 5.92 Å². The molecule has 1 aromatic carbocycles. The number of hydrogen-bond donors (Lipinski definition) is 2. The Hall–Kier alpha value is -3.17. The summed E-state index contributed by atoms with van der Waals surface area (Å²) in [7, 11) is 0. The maximum atomic E-state index is 14.9. The zero-order chi connectivity index (χ0) is 29.1. The second kappa shape index (κ2) is 11.9. The summed E-state index contributed by atoms with van der Waals surface area (Å²) in [5.74, 6) is -1.61. The number of primary amides is 1. The average Bonchev–Trinajstić information content (AvgIpc) is 3.09. The van der Waals surface area contributed by atoms with Gasteiger partial charge in [-0.15, -0.1) is 0 Å². The van der Waals surface area contributed by atoms with Crippen molar-refractivity contribution in [1.29, 1.82) is 0 Å². The van der Waals surface area contributed by atoms with Crippen molar-refractivity contribution in [3.63, 3.8) is 0 Å². The summed E-state index contributed by atoms with van der Waals surface area (Å²) in [4.78, 5) is 51.3. The van der Waals surface area contributed by atoms with Crippen LogP contribution in [0.1, 0.15) is 95.1 Å². The summed E-state index contributed by atoms with van der Waals surface area (Å²) in [6.07, 6.45) is 0.557. The van der Waals surface area contributed by atoms with Gasteiger partial charge in [0.2, 0.25) is 5.91 Å². The lowest BCUT2D eigenvalue weighted by Gasteiger charge is -2.35. The molecule has 1 fully saturated rings. The van der Waals surface area contributed by atoms with Crippen molar-refractivity contribution in [1.82, 2.24) is 10.2 Å². The number of carbonyl (C=O) groups is 4. The first kappa shape index (κ1) is 30.4. The van der Waals surface area contributed by atoms with Crippen molar-refractivity contribution in [3.05, 3.63) is 34.9 Å². The second-order valence-corrected chi connectivity index (χ2v) is 12.6. The van der Waals surface area contributed by atoms with Crippen molar-refractivity contribution in [2.75, 3.05) is 0 Å². The number of nitrogens with one attached hydrogen (secondary N) is 1. The van der Waals surface area contributed by atoms with Crippen LogP contribution in [0.5, 0.6) is 0 Å². The number of amides is 3. The van der Waals surface area contributed by atoms with E-state index >= 15 is 0 Å². The van der Waals surface area contributed by atoms with Crippen LogP contribution < -0.4 is 11.1 Å². The summed E-state index contributed by atoms with van der Waals surface area (Å²) in [6, 6.07) is 3.81. The number of nitrogens with zero attached hydrogens (tertiary/aromatic N) is 1. The Kier molecular flexibility index (Phi) is 9.28. The highest BCUT2D eigenvalue weighted by Crippen LogP contribution is 2.33. The molecule has 3 N–H and O–H groups in total. The summed E-state index contributed by atoms with van der Waals surface area (Å²) >= 11 is 0. The van der Waals surface area contributed by atoms with Crippen LogP contribution in [0.25, 0.3) is 0 Å². The summed E-state index contributed by atoms with van der Waals surface area (Å²) < 4.78 is 25.6. The van der Waals surface area contributed by atoms with Crippen molar-refractivity contribution in [2.45, 2.75) is 116 Å². The van der Waals surface area contributed by atoms with Crippen molar-refractivity contribution < 1.29 is 33.0 Å². The molecule has 1 saturated carbocycles. The highest BCUT2D eigenvalue weighted by molar-refractivity contribution is 6.01. The molecule has 1 heterocycles. The van der Waals surface area contributed by atoms with E-state index in [2.05, 4.69) is 5.32 Å². The van der Waals surface area contributed by atoms with E-state index < -0.39 is 47.4 Å². The zero-order valence-electron chi connectivity index (χ0n) is 23.8. The van der Waals surface area contributed by atoms with Crippen molar-refractivity contribution in [2.24, 2.45) is 11.7 Å². The molecule has 4 atom stereocenters. The minimum Gasteiger partial charge on any atom is -0.460 e. The van der Waals surface area contributed by atoms with Gasteiger partial charge in [0.05, 0.1) is 6.04 Å². The van der Waals surface area contributed by atoms with Gasteiger partial charge in [-0.1, -0.05) is 18.6 Å². The number of rotatable bonds is 8. The lowest BCUT2D eigenvalue weighted by atomic mass is 9.79. The number of hydrogen-bond acceptors (Lipinski definition) is 6. The van der Waals surface area contributed by atoms with Gasteiger partial charge in [-0.05, 0) is 90.3 Å². The number of carbonyl (C=O) groups excluding carboxylic acids is 4. The van der Waals surface area contributed by atoms with E-state index in [9.17, 15) is 23.6 Å². The van der Waals surface area contributed by atoms with Gasteiger partial charge in [0.25, 0.3) is 5.91 Å². The predicted molar refractivity (Wildman–Crippen MR) is 143 cm³/mol. The normalized spacial score (nSPS) is 22.2. The molecule has 0 spiro atoms. The molecule has 0 radical (unpaired) electrons. The van der Waals surface area contributed by atoms with Crippen LogP contribution in [-0.2, 0) is 32.0 Å². The smallest absolute Gasteiger partial charge is 0.407 e. The van der Waals surface area contributed by atoms with Gasteiger partial charge in [0.1, 0.15) is 23.4 Å². The number of nitrogens with two attached hydrogens (primary N) is 1. The highest BCUT2D eigenvalue weighted by atomic mass is 19.1. The molecule has 10 heteroatoms. The van der Waals surface area contributed by atoms with Crippen LogP contribution in [0.15, 0.2) is 18.2 Å². The minimum absolute atomic E-state index is 0.0473. The third kappa shape index (κ3) is 8.41. The van der Waals surface area contributed by atoms with Gasteiger partial charge in [-0.25, -0.2) is 9.18 Å². The topological polar surface area (TPSA) is 128 Å². The fraction of sp³-hybridized carbons (Fsp3) is 0.655. The molecule has 0 unspecified atom stereocenters. The van der Waals surface area contributed by atoms with Gasteiger partial charge in [-0.3, -0.25) is 14.4 Å². The largest absolute Gasteiger partial charge is 0.460 e. The molecule has 1 aliphatic heterocycles. The van der Waals surface area contributed by atoms with E-state index in [1.807, 2.05) is 12.1 Å². The molecule has 1 aliphatic carbocycles. The molecule has 0 bridgehead atoms. The van der Waals surface area contributed by atoms with Gasteiger partial charge in [0.15, 0.2) is 0 Å². The van der Waals surface area contributed by atoms with Crippen LogP contribution in [0.2, 0.25) is 0 Å². The van der Waals surface area contributed by atoms with E-state index in [4.69, 9.17) is 15.2 Å². The number of fused-ring (bicyclic) bond motifs is 1. The molecular weight excluding hydrogens is 505 g/mol. The van der Waals surface area contributed by atoms with Crippen molar-refractivity contribution >= 4 is 23.9 Å². The number of alkyl carbamates (subject to hydrolysis) is 1. The average molecular weight is 548 g/mol. The SMILES string of the molecule is CC(C)(C)OC(=O)CC[C@@H](C(N)=O)N1Cc2cc(C[C@H]3CCC[C@@H](F)[C@@H]3NC(=O)OC(C)(C)C)ccc2C1=O. The molecule has 216 valence electrons. The predicted octanol–water partition coefficient (Wildman–Crippen LogP) is 4.19. The van der Waals surface area contributed by atoms with Gasteiger partial charge >= 0.3 is 12.1 Å². The van der Waals surface area contributed by atoms with Gasteiger partial charge in [0, 0.05) is 18.5 Å². The Balaban J connectivity index is 1.70. The van der Waals surface area contributed by atoms with Gasteiger partial charge in [-0.2, -0.15) is 0 Å². The molecule has 39 heavy (non-hydrogen) atoms. The Labute approximate surface area is 230 Å². The van der Waals surface area contributed by atoms with E-state index in [0.29, 0.717) is 24.8 Å². The Morgan fingerprint density at radius 3 is 2.38 bits per heavy atom. The van der Waals surface area contributed by atoms with Crippen molar-refractivity contribution in [3.8, 4) is 0 Å². The molecule has 2 aliphatic rings. The molecule has 1 aromatic rings. The van der Waals surface area contributed by atoms with Crippen LogP contribution in [0.3, 0.4) is 0 Å². The molecule has 3 rings (SSSR count). The minimum atomic E-state index is -1.18. The highest BCUT2D eigenvalue weighted by Gasteiger charge is 2.38. The summed E-state index contributed by atoms with van der Waals surface area (Å²) in [6.45, 7) is 10.7. The van der Waals surface area contributed by atoms with E-state index in [0.717, 1.165) is 17.5 Å². The quantitative estimate of drug-likeness (QED) is 0.470.